The Morgan fingerprint density at radius 2 is 1.57 bits per heavy atom. The van der Waals surface area contributed by atoms with Crippen LogP contribution in [-0.4, -0.2) is 9.55 Å². The van der Waals surface area contributed by atoms with E-state index in [1.165, 1.54) is 33.0 Å². The van der Waals surface area contributed by atoms with E-state index >= 15 is 0 Å². The predicted molar refractivity (Wildman–Crippen MR) is 131 cm³/mol. The summed E-state index contributed by atoms with van der Waals surface area (Å²) in [4.78, 5) is 3.26. The van der Waals surface area contributed by atoms with Crippen molar-refractivity contribution in [1.29, 1.82) is 0 Å². The maximum atomic E-state index is 6.79. The van der Waals surface area contributed by atoms with Gasteiger partial charge in [-0.15, -0.1) is 0 Å². The van der Waals surface area contributed by atoms with E-state index in [-0.39, 0.29) is 10.8 Å². The number of nitrogens with one attached hydrogen (secondary N) is 1. The van der Waals surface area contributed by atoms with Crippen molar-refractivity contribution in [2.45, 2.75) is 65.8 Å². The Kier molecular flexibility index (Phi) is 5.03. The van der Waals surface area contributed by atoms with Gasteiger partial charge in [0.2, 0.25) is 0 Å². The van der Waals surface area contributed by atoms with E-state index in [9.17, 15) is 0 Å². The van der Waals surface area contributed by atoms with Crippen molar-refractivity contribution in [3.05, 3.63) is 69.0 Å². The quantitative estimate of drug-likeness (QED) is 0.330. The summed E-state index contributed by atoms with van der Waals surface area (Å²) in [5, 5.41) is 3.94. The summed E-state index contributed by atoms with van der Waals surface area (Å²) >= 11 is 13.1. The molecule has 30 heavy (non-hydrogen) atoms. The summed E-state index contributed by atoms with van der Waals surface area (Å²) in [7, 11) is 0. The summed E-state index contributed by atoms with van der Waals surface area (Å²) in [6.07, 6.45) is 2.19. The van der Waals surface area contributed by atoms with Gasteiger partial charge in [0.15, 0.2) is 0 Å². The molecule has 2 aromatic heterocycles. The van der Waals surface area contributed by atoms with Crippen LogP contribution in [0.25, 0.3) is 21.8 Å². The van der Waals surface area contributed by atoms with Crippen LogP contribution in [0.3, 0.4) is 0 Å². The molecule has 0 unspecified atom stereocenters. The first kappa shape index (κ1) is 21.3. The topological polar surface area (TPSA) is 20.7 Å². The summed E-state index contributed by atoms with van der Waals surface area (Å²) in [5.74, 6) is 0. The number of aromatic nitrogens is 2. The Bertz CT molecular complexity index is 1270. The molecule has 1 N–H and O–H groups in total. The number of rotatable bonds is 3. The van der Waals surface area contributed by atoms with Crippen LogP contribution in [0, 0.1) is 13.8 Å². The van der Waals surface area contributed by atoms with Gasteiger partial charge in [-0.05, 0) is 65.8 Å². The second kappa shape index (κ2) is 7.07. The molecule has 0 radical (unpaired) electrons. The van der Waals surface area contributed by atoms with Crippen molar-refractivity contribution in [2.24, 2.45) is 0 Å². The van der Waals surface area contributed by atoms with Crippen LogP contribution in [0.5, 0.6) is 0 Å². The van der Waals surface area contributed by atoms with Crippen molar-refractivity contribution < 1.29 is 0 Å². The highest BCUT2D eigenvalue weighted by molar-refractivity contribution is 6.35. The van der Waals surface area contributed by atoms with Crippen LogP contribution >= 0.6 is 23.2 Å². The largest absolute Gasteiger partial charge is 0.346 e. The highest BCUT2D eigenvalue weighted by Gasteiger charge is 2.28. The number of halogens is 2. The Labute approximate surface area is 189 Å². The fourth-order valence-corrected chi connectivity index (χ4v) is 5.88. The first-order valence-electron chi connectivity index (χ1n) is 10.5. The van der Waals surface area contributed by atoms with Gasteiger partial charge in [0.05, 0.1) is 10.5 Å². The molecule has 0 aliphatic carbocycles. The van der Waals surface area contributed by atoms with Gasteiger partial charge in [-0.1, -0.05) is 63.9 Å². The minimum Gasteiger partial charge on any atom is -0.346 e. The van der Waals surface area contributed by atoms with Gasteiger partial charge in [-0.2, -0.15) is 0 Å². The standard InChI is InChI=1S/C26H30Cl2N2/c1-15-8-9-20-18(13-21(28)29-20)23(15)26(6,7)14-30-11-10-17-22(25(3,4)5)16(2)12-19(27)24(17)30/h8-13,29H,14H2,1-7H3. The molecule has 0 aliphatic rings. The molecule has 0 bridgehead atoms. The van der Waals surface area contributed by atoms with Crippen molar-refractivity contribution in [3.63, 3.8) is 0 Å². The van der Waals surface area contributed by atoms with Gasteiger partial charge in [0.25, 0.3) is 0 Å². The molecule has 0 fully saturated rings. The third kappa shape index (κ3) is 3.44. The molecular weight excluding hydrogens is 411 g/mol. The average Bonchev–Trinajstić information content (AvgIpc) is 3.15. The number of benzene rings is 2. The van der Waals surface area contributed by atoms with Gasteiger partial charge in [0, 0.05) is 34.4 Å². The molecule has 4 heteroatoms. The first-order chi connectivity index (χ1) is 13.9. The normalized spacial score (nSPS) is 13.0. The predicted octanol–water partition coefficient (Wildman–Crippen LogP) is 8.32. The number of hydrogen-bond donors (Lipinski definition) is 1. The van der Waals surface area contributed by atoms with Crippen LogP contribution in [0.15, 0.2) is 36.5 Å². The highest BCUT2D eigenvalue weighted by Crippen LogP contribution is 2.40. The van der Waals surface area contributed by atoms with Gasteiger partial charge in [0.1, 0.15) is 5.15 Å². The number of nitrogens with zero attached hydrogens (tertiary/aromatic N) is 1. The van der Waals surface area contributed by atoms with Crippen LogP contribution in [0.4, 0.5) is 0 Å². The molecule has 0 atom stereocenters. The molecule has 2 nitrogen and oxygen atoms in total. The molecule has 4 rings (SSSR count). The molecule has 0 saturated heterocycles. The molecule has 0 spiro atoms. The minimum atomic E-state index is -0.114. The SMILES string of the molecule is Cc1ccc2[nH]c(Cl)cc2c1C(C)(C)Cn1ccc2c(C(C)(C)C)c(C)cc(Cl)c21. The maximum Gasteiger partial charge on any atom is 0.107 e. The highest BCUT2D eigenvalue weighted by atomic mass is 35.5. The molecule has 2 heterocycles. The van der Waals surface area contributed by atoms with Crippen LogP contribution < -0.4 is 0 Å². The van der Waals surface area contributed by atoms with Crippen LogP contribution in [0.2, 0.25) is 10.2 Å². The third-order valence-corrected chi connectivity index (χ3v) is 6.66. The Hall–Kier alpha value is -1.90. The fraction of sp³-hybridized carbons (Fsp3) is 0.385. The zero-order chi connectivity index (χ0) is 22.0. The smallest absolute Gasteiger partial charge is 0.107 e. The maximum absolute atomic E-state index is 6.79. The van der Waals surface area contributed by atoms with E-state index in [1.54, 1.807) is 0 Å². The van der Waals surface area contributed by atoms with E-state index in [0.717, 1.165) is 22.6 Å². The summed E-state index contributed by atoms with van der Waals surface area (Å²) < 4.78 is 2.32. The number of aryl methyl sites for hydroxylation is 2. The van der Waals surface area contributed by atoms with E-state index in [1.807, 2.05) is 6.07 Å². The summed E-state index contributed by atoms with van der Waals surface area (Å²) in [6, 6.07) is 10.7. The van der Waals surface area contributed by atoms with Crippen molar-refractivity contribution in [1.82, 2.24) is 9.55 Å². The lowest BCUT2D eigenvalue weighted by atomic mass is 9.79. The number of aromatic amines is 1. The number of H-pyrrole nitrogens is 1. The Balaban J connectivity index is 1.89. The molecule has 158 valence electrons. The van der Waals surface area contributed by atoms with Crippen LogP contribution in [0.1, 0.15) is 56.9 Å². The zero-order valence-electron chi connectivity index (χ0n) is 18.9. The lowest BCUT2D eigenvalue weighted by Crippen LogP contribution is -2.25. The van der Waals surface area contributed by atoms with Gasteiger partial charge in [-0.25, -0.2) is 0 Å². The number of fused-ring (bicyclic) bond motifs is 2. The zero-order valence-corrected chi connectivity index (χ0v) is 20.4. The lowest BCUT2D eigenvalue weighted by Gasteiger charge is -2.30. The molecule has 0 aliphatic heterocycles. The Morgan fingerprint density at radius 3 is 2.23 bits per heavy atom. The van der Waals surface area contributed by atoms with Gasteiger partial charge >= 0.3 is 0 Å². The molecular formula is C26H30Cl2N2. The summed E-state index contributed by atoms with van der Waals surface area (Å²) in [6.45, 7) is 16.6. The second-order valence-electron chi connectivity index (χ2n) is 10.2. The monoisotopic (exact) mass is 440 g/mol. The van der Waals surface area contributed by atoms with Crippen molar-refractivity contribution in [2.75, 3.05) is 0 Å². The van der Waals surface area contributed by atoms with E-state index < -0.39 is 0 Å². The molecule has 2 aromatic carbocycles. The molecule has 0 amide bonds. The minimum absolute atomic E-state index is 0.0542. The van der Waals surface area contributed by atoms with Gasteiger partial charge < -0.3 is 9.55 Å². The van der Waals surface area contributed by atoms with E-state index in [2.05, 4.69) is 88.5 Å². The average molecular weight is 441 g/mol. The lowest BCUT2D eigenvalue weighted by molar-refractivity contribution is 0.444. The first-order valence-corrected chi connectivity index (χ1v) is 11.2. The Morgan fingerprint density at radius 1 is 0.867 bits per heavy atom. The molecule has 4 aromatic rings. The third-order valence-electron chi connectivity index (χ3n) is 6.17. The number of hydrogen-bond acceptors (Lipinski definition) is 0. The molecule has 0 saturated carbocycles. The van der Waals surface area contributed by atoms with Crippen LogP contribution in [-0.2, 0) is 17.4 Å². The summed E-state index contributed by atoms with van der Waals surface area (Å²) in [5.41, 5.74) is 7.36. The second-order valence-corrected chi connectivity index (χ2v) is 11.0. The van der Waals surface area contributed by atoms with E-state index in [0.29, 0.717) is 5.15 Å². The van der Waals surface area contributed by atoms with Crippen molar-refractivity contribution >= 4 is 45.0 Å². The van der Waals surface area contributed by atoms with E-state index in [4.69, 9.17) is 23.2 Å². The fourth-order valence-electron chi connectivity index (χ4n) is 5.29. The van der Waals surface area contributed by atoms with Crippen molar-refractivity contribution in [3.8, 4) is 0 Å². The van der Waals surface area contributed by atoms with Gasteiger partial charge in [-0.3, -0.25) is 0 Å².